The van der Waals surface area contributed by atoms with Crippen LogP contribution in [-0.2, 0) is 0 Å². The van der Waals surface area contributed by atoms with Crippen molar-refractivity contribution in [3.05, 3.63) is 53.6 Å². The minimum Gasteiger partial charge on any atom is -0.456 e. The van der Waals surface area contributed by atoms with Crippen molar-refractivity contribution in [2.24, 2.45) is 0 Å². The fraction of sp³-hybridized carbons (Fsp3) is 0.200. The number of rotatable bonds is 4. The highest BCUT2D eigenvalue weighted by Gasteiger charge is 2.08. The summed E-state index contributed by atoms with van der Waals surface area (Å²) < 4.78 is 18.9. The number of pyridine rings is 1. The maximum atomic E-state index is 13.4. The van der Waals surface area contributed by atoms with Gasteiger partial charge in [0.25, 0.3) is 0 Å². The molecule has 4 nitrogen and oxygen atoms in total. The van der Waals surface area contributed by atoms with Crippen LogP contribution in [0, 0.1) is 17.1 Å². The van der Waals surface area contributed by atoms with Crippen molar-refractivity contribution in [2.75, 3.05) is 0 Å². The van der Waals surface area contributed by atoms with E-state index >= 15 is 0 Å². The van der Waals surface area contributed by atoms with Crippen LogP contribution in [0.2, 0.25) is 0 Å². The van der Waals surface area contributed by atoms with E-state index in [-0.39, 0.29) is 11.3 Å². The zero-order valence-corrected chi connectivity index (χ0v) is 10.9. The van der Waals surface area contributed by atoms with E-state index in [1.165, 1.54) is 18.3 Å². The maximum Gasteiger partial charge on any atom is 0.145 e. The largest absolute Gasteiger partial charge is 0.456 e. The highest BCUT2D eigenvalue weighted by Crippen LogP contribution is 2.24. The average Bonchev–Trinajstić information content (AvgIpc) is 2.47. The topological polar surface area (TPSA) is 66.1 Å². The first-order valence-corrected chi connectivity index (χ1v) is 6.15. The number of aliphatic hydroxyl groups excluding tert-OH is 1. The van der Waals surface area contributed by atoms with Crippen molar-refractivity contribution in [3.63, 3.8) is 0 Å². The Labute approximate surface area is 116 Å². The normalized spacial score (nSPS) is 11.7. The van der Waals surface area contributed by atoms with Gasteiger partial charge in [-0.1, -0.05) is 6.92 Å². The molecule has 1 unspecified atom stereocenters. The quantitative estimate of drug-likeness (QED) is 0.927. The number of ether oxygens (including phenoxy) is 1. The number of nitrogens with zero attached hydrogens (tertiary/aromatic N) is 2. The monoisotopic (exact) mass is 272 g/mol. The van der Waals surface area contributed by atoms with Gasteiger partial charge in [0.15, 0.2) is 0 Å². The minimum atomic E-state index is -0.629. The molecule has 102 valence electrons. The van der Waals surface area contributed by atoms with E-state index in [0.717, 1.165) is 6.07 Å². The van der Waals surface area contributed by atoms with Crippen molar-refractivity contribution in [1.29, 1.82) is 5.26 Å². The van der Waals surface area contributed by atoms with Gasteiger partial charge in [-0.3, -0.25) is 4.98 Å². The summed E-state index contributed by atoms with van der Waals surface area (Å²) in [7, 11) is 0. The fourth-order valence-corrected chi connectivity index (χ4v) is 1.64. The molecule has 20 heavy (non-hydrogen) atoms. The molecule has 1 N–H and O–H groups in total. The van der Waals surface area contributed by atoms with Crippen LogP contribution in [0.25, 0.3) is 0 Å². The first-order valence-electron chi connectivity index (χ1n) is 6.15. The van der Waals surface area contributed by atoms with Gasteiger partial charge in [-0.05, 0) is 30.7 Å². The Hall–Kier alpha value is -2.45. The van der Waals surface area contributed by atoms with Gasteiger partial charge in [0.1, 0.15) is 23.4 Å². The number of aliphatic hydroxyl groups is 1. The van der Waals surface area contributed by atoms with E-state index in [4.69, 9.17) is 10.00 Å². The average molecular weight is 272 g/mol. The summed E-state index contributed by atoms with van der Waals surface area (Å²) in [4.78, 5) is 4.08. The van der Waals surface area contributed by atoms with Crippen molar-refractivity contribution in [3.8, 4) is 17.6 Å². The second-order valence-corrected chi connectivity index (χ2v) is 4.20. The molecular weight excluding hydrogens is 259 g/mol. The Bertz CT molecular complexity index is 635. The minimum absolute atomic E-state index is 0.0307. The van der Waals surface area contributed by atoms with Crippen LogP contribution < -0.4 is 4.74 Å². The molecule has 1 aromatic heterocycles. The van der Waals surface area contributed by atoms with Gasteiger partial charge < -0.3 is 9.84 Å². The summed E-state index contributed by atoms with van der Waals surface area (Å²) in [6.07, 6.45) is 1.44. The predicted molar refractivity (Wildman–Crippen MR) is 70.7 cm³/mol. The van der Waals surface area contributed by atoms with E-state index in [1.54, 1.807) is 18.2 Å². The van der Waals surface area contributed by atoms with Crippen LogP contribution in [-0.4, -0.2) is 10.1 Å². The van der Waals surface area contributed by atoms with Crippen LogP contribution >= 0.6 is 0 Å². The van der Waals surface area contributed by atoms with Crippen LogP contribution in [0.1, 0.15) is 30.7 Å². The van der Waals surface area contributed by atoms with Crippen LogP contribution in [0.15, 0.2) is 36.5 Å². The molecule has 0 aliphatic heterocycles. The zero-order chi connectivity index (χ0) is 14.5. The maximum absolute atomic E-state index is 13.4. The highest BCUT2D eigenvalue weighted by molar-refractivity contribution is 5.38. The predicted octanol–water partition coefficient (Wildman–Crippen LogP) is 3.33. The molecule has 0 saturated heterocycles. The summed E-state index contributed by atoms with van der Waals surface area (Å²) in [5, 5.41) is 18.3. The van der Waals surface area contributed by atoms with Crippen molar-refractivity contribution >= 4 is 0 Å². The first kappa shape index (κ1) is 14.0. The molecule has 0 aliphatic rings. The van der Waals surface area contributed by atoms with Gasteiger partial charge >= 0.3 is 0 Å². The second-order valence-electron chi connectivity index (χ2n) is 4.20. The smallest absolute Gasteiger partial charge is 0.145 e. The van der Waals surface area contributed by atoms with Crippen LogP contribution in [0.4, 0.5) is 4.39 Å². The lowest BCUT2D eigenvalue weighted by molar-refractivity contribution is 0.169. The van der Waals surface area contributed by atoms with E-state index in [1.807, 2.05) is 6.92 Å². The van der Waals surface area contributed by atoms with Gasteiger partial charge in [0.2, 0.25) is 0 Å². The Morgan fingerprint density at radius 3 is 2.65 bits per heavy atom. The molecule has 2 aromatic rings. The molecule has 0 radical (unpaired) electrons. The molecule has 1 aromatic carbocycles. The summed E-state index contributed by atoms with van der Waals surface area (Å²) in [5.74, 6) is 0.0873. The van der Waals surface area contributed by atoms with E-state index in [2.05, 4.69) is 4.98 Å². The van der Waals surface area contributed by atoms with Gasteiger partial charge in [-0.25, -0.2) is 4.39 Å². The molecule has 1 heterocycles. The Morgan fingerprint density at radius 2 is 2.10 bits per heavy atom. The number of hydrogen-bond donors (Lipinski definition) is 1. The molecule has 0 aliphatic carbocycles. The van der Waals surface area contributed by atoms with Crippen LogP contribution in [0.5, 0.6) is 11.5 Å². The fourth-order valence-electron chi connectivity index (χ4n) is 1.64. The Morgan fingerprint density at radius 1 is 1.35 bits per heavy atom. The molecule has 0 fully saturated rings. The van der Waals surface area contributed by atoms with Gasteiger partial charge in [0.05, 0.1) is 23.6 Å². The van der Waals surface area contributed by atoms with Crippen molar-refractivity contribution < 1.29 is 14.2 Å². The number of nitriles is 1. The zero-order valence-electron chi connectivity index (χ0n) is 10.9. The lowest BCUT2D eigenvalue weighted by atomic mass is 10.2. The van der Waals surface area contributed by atoms with Crippen molar-refractivity contribution in [1.82, 2.24) is 4.98 Å². The molecule has 0 spiro atoms. The number of hydrogen-bond acceptors (Lipinski definition) is 4. The second kappa shape index (κ2) is 6.13. The van der Waals surface area contributed by atoms with Gasteiger partial charge in [0, 0.05) is 6.07 Å². The summed E-state index contributed by atoms with van der Waals surface area (Å²) >= 11 is 0. The number of aromatic nitrogens is 1. The van der Waals surface area contributed by atoms with E-state index in [0.29, 0.717) is 17.9 Å². The lowest BCUT2D eigenvalue weighted by Gasteiger charge is -2.09. The third kappa shape index (κ3) is 3.11. The molecule has 2 rings (SSSR count). The Balaban J connectivity index is 2.14. The first-order chi connectivity index (χ1) is 9.63. The third-order valence-corrected chi connectivity index (χ3v) is 2.78. The van der Waals surface area contributed by atoms with E-state index < -0.39 is 11.9 Å². The van der Waals surface area contributed by atoms with Gasteiger partial charge in [-0.15, -0.1) is 0 Å². The number of halogens is 1. The number of benzene rings is 1. The van der Waals surface area contributed by atoms with Crippen LogP contribution in [0.3, 0.4) is 0 Å². The lowest BCUT2D eigenvalue weighted by Crippen LogP contribution is -1.98. The standard InChI is InChI=1S/C15H13FN2O2/c1-2-15(19)14-6-5-12(9-18-14)20-11-4-3-10(8-17)13(16)7-11/h3-7,9,15,19H,2H2,1H3. The van der Waals surface area contributed by atoms with E-state index in [9.17, 15) is 9.50 Å². The molecule has 5 heteroatoms. The summed E-state index contributed by atoms with van der Waals surface area (Å²) in [5.41, 5.74) is 0.530. The van der Waals surface area contributed by atoms with Gasteiger partial charge in [-0.2, -0.15) is 5.26 Å². The molecule has 0 amide bonds. The third-order valence-electron chi connectivity index (χ3n) is 2.78. The SMILES string of the molecule is CCC(O)c1ccc(Oc2ccc(C#N)c(F)c2)cn1. The molecule has 1 atom stereocenters. The molecular formula is C15H13FN2O2. The highest BCUT2D eigenvalue weighted by atomic mass is 19.1. The summed E-state index contributed by atoms with van der Waals surface area (Å²) in [6.45, 7) is 1.86. The molecule has 0 saturated carbocycles. The van der Waals surface area contributed by atoms with Crippen molar-refractivity contribution in [2.45, 2.75) is 19.4 Å². The summed E-state index contributed by atoms with van der Waals surface area (Å²) in [6, 6.07) is 9.06. The molecule has 0 bridgehead atoms. The Kier molecular flexibility index (Phi) is 4.28.